The molecule has 0 radical (unpaired) electrons. The van der Waals surface area contributed by atoms with Gasteiger partial charge >= 0.3 is 0 Å². The lowest BCUT2D eigenvalue weighted by molar-refractivity contribution is 0.0573. The van der Waals surface area contributed by atoms with Crippen LogP contribution in [0.25, 0.3) is 11.1 Å². The first-order valence-corrected chi connectivity index (χ1v) is 6.63. The van der Waals surface area contributed by atoms with Crippen molar-refractivity contribution in [2.24, 2.45) is 0 Å². The third-order valence-corrected chi connectivity index (χ3v) is 3.71. The second-order valence-corrected chi connectivity index (χ2v) is 5.73. The monoisotopic (exact) mass is 275 g/mol. The highest BCUT2D eigenvalue weighted by atomic mass is 16.5. The van der Waals surface area contributed by atoms with Crippen LogP contribution in [-0.4, -0.2) is 44.7 Å². The molecule has 3 rings (SSSR count). The Bertz CT molecular complexity index is 690. The second-order valence-electron chi connectivity index (χ2n) is 5.73. The van der Waals surface area contributed by atoms with Crippen LogP contribution in [0.1, 0.15) is 35.1 Å². The van der Waals surface area contributed by atoms with Crippen molar-refractivity contribution in [1.82, 2.24) is 15.0 Å². The van der Waals surface area contributed by atoms with E-state index < -0.39 is 5.60 Å². The molecule has 1 aliphatic rings. The zero-order valence-corrected chi connectivity index (χ0v) is 11.8. The van der Waals surface area contributed by atoms with Crippen LogP contribution in [-0.2, 0) is 0 Å². The fraction of sp³-hybridized carbons (Fsp3) is 0.500. The van der Waals surface area contributed by atoms with Crippen LogP contribution in [0.3, 0.4) is 0 Å². The zero-order valence-electron chi connectivity index (χ0n) is 11.8. The van der Waals surface area contributed by atoms with Gasteiger partial charge in [-0.1, -0.05) is 5.16 Å². The fourth-order valence-electron chi connectivity index (χ4n) is 2.68. The Kier molecular flexibility index (Phi) is 2.79. The van der Waals surface area contributed by atoms with Crippen molar-refractivity contribution < 1.29 is 14.4 Å². The second kappa shape index (κ2) is 4.28. The first kappa shape index (κ1) is 13.1. The summed E-state index contributed by atoms with van der Waals surface area (Å²) in [6, 6.07) is 1.75. The van der Waals surface area contributed by atoms with E-state index in [-0.39, 0.29) is 5.91 Å². The van der Waals surface area contributed by atoms with Crippen LogP contribution in [0, 0.1) is 13.8 Å². The number of amides is 1. The Morgan fingerprint density at radius 3 is 2.90 bits per heavy atom. The first-order chi connectivity index (χ1) is 9.37. The molecule has 1 atom stereocenters. The van der Waals surface area contributed by atoms with Gasteiger partial charge in [0.05, 0.1) is 22.2 Å². The summed E-state index contributed by atoms with van der Waals surface area (Å²) in [4.78, 5) is 18.6. The lowest BCUT2D eigenvalue weighted by Gasteiger charge is -2.19. The van der Waals surface area contributed by atoms with Crippen LogP contribution in [0.15, 0.2) is 10.6 Å². The molecule has 6 heteroatoms. The van der Waals surface area contributed by atoms with E-state index in [4.69, 9.17) is 4.52 Å². The maximum atomic E-state index is 12.7. The van der Waals surface area contributed by atoms with Crippen molar-refractivity contribution in [3.05, 3.63) is 23.0 Å². The van der Waals surface area contributed by atoms with Gasteiger partial charge in [0, 0.05) is 18.8 Å². The van der Waals surface area contributed by atoms with Gasteiger partial charge in [0.1, 0.15) is 0 Å². The SMILES string of the molecule is Cc1cc(C(=O)N2CCC(C)(O)C2)c2c(C)noc2n1. The minimum atomic E-state index is -0.805. The lowest BCUT2D eigenvalue weighted by atomic mass is 10.1. The highest BCUT2D eigenvalue weighted by molar-refractivity contribution is 6.06. The van der Waals surface area contributed by atoms with Gasteiger partial charge in [-0.15, -0.1) is 0 Å². The van der Waals surface area contributed by atoms with Crippen LogP contribution >= 0.6 is 0 Å². The third-order valence-electron chi connectivity index (χ3n) is 3.71. The smallest absolute Gasteiger partial charge is 0.258 e. The van der Waals surface area contributed by atoms with Gasteiger partial charge < -0.3 is 14.5 Å². The molecule has 1 amide bonds. The normalized spacial score (nSPS) is 22.7. The number of aryl methyl sites for hydroxylation is 2. The average Bonchev–Trinajstić information content (AvgIpc) is 2.91. The molecule has 1 saturated heterocycles. The van der Waals surface area contributed by atoms with Gasteiger partial charge in [-0.3, -0.25) is 4.79 Å². The van der Waals surface area contributed by atoms with Crippen molar-refractivity contribution in [1.29, 1.82) is 0 Å². The van der Waals surface area contributed by atoms with Gasteiger partial charge in [0.2, 0.25) is 0 Å². The summed E-state index contributed by atoms with van der Waals surface area (Å²) in [5.41, 5.74) is 1.49. The Labute approximate surface area is 116 Å². The predicted molar refractivity (Wildman–Crippen MR) is 72.4 cm³/mol. The summed E-state index contributed by atoms with van der Waals surface area (Å²) in [5.74, 6) is -0.107. The number of hydrogen-bond donors (Lipinski definition) is 1. The molecule has 1 fully saturated rings. The molecule has 1 aliphatic heterocycles. The highest BCUT2D eigenvalue weighted by Crippen LogP contribution is 2.27. The molecule has 20 heavy (non-hydrogen) atoms. The van der Waals surface area contributed by atoms with E-state index in [9.17, 15) is 9.90 Å². The van der Waals surface area contributed by atoms with Gasteiger partial charge in [-0.2, -0.15) is 0 Å². The molecular formula is C14H17N3O3. The molecule has 0 spiro atoms. The molecule has 3 heterocycles. The maximum Gasteiger partial charge on any atom is 0.258 e. The minimum absolute atomic E-state index is 0.107. The van der Waals surface area contributed by atoms with Crippen molar-refractivity contribution in [3.63, 3.8) is 0 Å². The van der Waals surface area contributed by atoms with E-state index in [1.54, 1.807) is 24.8 Å². The molecular weight excluding hydrogens is 258 g/mol. The molecule has 0 aromatic carbocycles. The van der Waals surface area contributed by atoms with Crippen molar-refractivity contribution in [2.75, 3.05) is 13.1 Å². The van der Waals surface area contributed by atoms with Gasteiger partial charge in [0.25, 0.3) is 11.6 Å². The number of likely N-dealkylation sites (tertiary alicyclic amines) is 1. The summed E-state index contributed by atoms with van der Waals surface area (Å²) in [5, 5.41) is 14.5. The fourth-order valence-corrected chi connectivity index (χ4v) is 2.68. The molecule has 0 bridgehead atoms. The van der Waals surface area contributed by atoms with E-state index in [2.05, 4.69) is 10.1 Å². The highest BCUT2D eigenvalue weighted by Gasteiger charge is 2.35. The van der Waals surface area contributed by atoms with E-state index in [0.29, 0.717) is 47.6 Å². The third kappa shape index (κ3) is 2.06. The number of carbonyl (C=O) groups is 1. The van der Waals surface area contributed by atoms with Crippen molar-refractivity contribution in [2.45, 2.75) is 32.8 Å². The van der Waals surface area contributed by atoms with Crippen molar-refractivity contribution in [3.8, 4) is 0 Å². The van der Waals surface area contributed by atoms with Gasteiger partial charge in [-0.05, 0) is 33.3 Å². The molecule has 6 nitrogen and oxygen atoms in total. The van der Waals surface area contributed by atoms with Gasteiger partial charge in [0.15, 0.2) is 0 Å². The molecule has 0 aliphatic carbocycles. The molecule has 0 saturated carbocycles. The van der Waals surface area contributed by atoms with Crippen LogP contribution in [0.5, 0.6) is 0 Å². The molecule has 106 valence electrons. The number of carbonyl (C=O) groups excluding carboxylic acids is 1. The van der Waals surface area contributed by atoms with Crippen LogP contribution in [0.4, 0.5) is 0 Å². The summed E-state index contributed by atoms with van der Waals surface area (Å²) in [7, 11) is 0. The molecule has 2 aromatic rings. The Hall–Kier alpha value is -1.95. The molecule has 1 N–H and O–H groups in total. The number of aliphatic hydroxyl groups is 1. The quantitative estimate of drug-likeness (QED) is 0.851. The van der Waals surface area contributed by atoms with Crippen LogP contribution in [0.2, 0.25) is 0 Å². The van der Waals surface area contributed by atoms with Crippen molar-refractivity contribution >= 4 is 17.0 Å². The van der Waals surface area contributed by atoms with E-state index >= 15 is 0 Å². The Balaban J connectivity index is 2.06. The predicted octanol–water partition coefficient (Wildman–Crippen LogP) is 1.44. The number of pyridine rings is 1. The number of nitrogens with zero attached hydrogens (tertiary/aromatic N) is 3. The summed E-state index contributed by atoms with van der Waals surface area (Å²) >= 11 is 0. The number of β-amino-alcohol motifs (C(OH)–C–C–N with tert-alkyl or cyclic N) is 1. The van der Waals surface area contributed by atoms with Crippen LogP contribution < -0.4 is 0 Å². The standard InChI is InChI=1S/C14H17N3O3/c1-8-6-10(11-9(2)16-20-12(11)15-8)13(18)17-5-4-14(3,19)7-17/h6,19H,4-5,7H2,1-3H3. The van der Waals surface area contributed by atoms with E-state index in [1.807, 2.05) is 6.92 Å². The number of fused-ring (bicyclic) bond motifs is 1. The van der Waals surface area contributed by atoms with E-state index in [1.165, 1.54) is 0 Å². The number of hydrogen-bond acceptors (Lipinski definition) is 5. The summed E-state index contributed by atoms with van der Waals surface area (Å²) < 4.78 is 5.14. The number of rotatable bonds is 1. The molecule has 2 aromatic heterocycles. The maximum absolute atomic E-state index is 12.7. The van der Waals surface area contributed by atoms with Gasteiger partial charge in [-0.25, -0.2) is 4.98 Å². The number of aromatic nitrogens is 2. The molecule has 1 unspecified atom stereocenters. The largest absolute Gasteiger partial charge is 0.388 e. The summed E-state index contributed by atoms with van der Waals surface area (Å²) in [6.07, 6.45) is 0.592. The summed E-state index contributed by atoms with van der Waals surface area (Å²) in [6.45, 7) is 6.25. The van der Waals surface area contributed by atoms with E-state index in [0.717, 1.165) is 0 Å². The Morgan fingerprint density at radius 2 is 2.25 bits per heavy atom. The topological polar surface area (TPSA) is 79.5 Å². The zero-order chi connectivity index (χ0) is 14.5. The first-order valence-electron chi connectivity index (χ1n) is 6.63. The average molecular weight is 275 g/mol. The minimum Gasteiger partial charge on any atom is -0.388 e. The Morgan fingerprint density at radius 1 is 1.50 bits per heavy atom. The lowest BCUT2D eigenvalue weighted by Crippen LogP contribution is -2.34.